The first-order chi connectivity index (χ1) is 14.7. The minimum Gasteiger partial charge on any atom is -0.507 e. The number of nitrogens with one attached hydrogen (secondary N) is 2. The fraction of sp³-hybridized carbons (Fsp3) is 0.500. The van der Waals surface area contributed by atoms with Crippen LogP contribution in [0.3, 0.4) is 0 Å². The number of phenols is 1. The van der Waals surface area contributed by atoms with Gasteiger partial charge in [-0.25, -0.2) is 0 Å². The summed E-state index contributed by atoms with van der Waals surface area (Å²) >= 11 is 1.53. The summed E-state index contributed by atoms with van der Waals surface area (Å²) in [6.07, 6.45) is 0.828. The molecule has 2 aromatic rings. The molecule has 0 amide bonds. The van der Waals surface area contributed by atoms with Crippen LogP contribution in [0.25, 0.3) is 11.4 Å². The van der Waals surface area contributed by atoms with Crippen LogP contribution in [-0.4, -0.2) is 17.7 Å². The molecule has 3 rings (SSSR count). The lowest BCUT2D eigenvalue weighted by Gasteiger charge is -2.23. The first kappa shape index (κ1) is 23.5. The normalized spacial score (nSPS) is 15.5. The maximum absolute atomic E-state index is 13.0. The second kappa shape index (κ2) is 9.98. The number of thiophene rings is 1. The van der Waals surface area contributed by atoms with Crippen molar-refractivity contribution in [1.82, 2.24) is 10.6 Å². The molecule has 31 heavy (non-hydrogen) atoms. The Bertz CT molecular complexity index is 1010. The van der Waals surface area contributed by atoms with E-state index in [2.05, 4.69) is 37.5 Å². The van der Waals surface area contributed by atoms with Gasteiger partial charge in [-0.3, -0.25) is 0 Å². The van der Waals surface area contributed by atoms with E-state index in [1.807, 2.05) is 5.38 Å². The van der Waals surface area contributed by atoms with Crippen LogP contribution in [0.2, 0.25) is 0 Å². The van der Waals surface area contributed by atoms with Crippen molar-refractivity contribution in [2.75, 3.05) is 6.54 Å². The summed E-state index contributed by atoms with van der Waals surface area (Å²) in [6, 6.07) is 5.63. The molecule has 1 aliphatic heterocycles. The number of unbranched alkanes of at least 4 members (excludes halogenated alkanes) is 1. The van der Waals surface area contributed by atoms with Crippen LogP contribution in [0.1, 0.15) is 64.0 Å². The van der Waals surface area contributed by atoms with Gasteiger partial charge in [-0.15, -0.1) is 11.3 Å². The molecule has 0 bridgehead atoms. The Kier molecular flexibility index (Phi) is 7.57. The van der Waals surface area contributed by atoms with Crippen LogP contribution in [0.15, 0.2) is 29.6 Å². The molecular weight excluding hydrogens is 421 g/mol. The van der Waals surface area contributed by atoms with Crippen LogP contribution in [0.5, 0.6) is 5.75 Å². The standard InChI is InChI=1S/C24H31F3N2OS/c1-4-5-6-17(13-15(2)3)29-20-9-11-28-22(23-18(20)10-12-31-23)19-8-7-16(14-21(19)30)24(25,26)27/h7-8,10,12,14-15,17,28-30H,4-6,9,11,13H2,1-3H3. The zero-order chi connectivity index (χ0) is 22.6. The number of fused-ring (bicyclic) bond motifs is 1. The molecule has 1 aromatic heterocycles. The Hall–Kier alpha value is -2.15. The molecule has 7 heteroatoms. The Labute approximate surface area is 185 Å². The van der Waals surface area contributed by atoms with Gasteiger partial charge in [0, 0.05) is 35.5 Å². The minimum absolute atomic E-state index is 0.367. The second-order valence-electron chi connectivity index (χ2n) is 8.54. The van der Waals surface area contributed by atoms with Gasteiger partial charge in [0.15, 0.2) is 0 Å². The van der Waals surface area contributed by atoms with Gasteiger partial charge < -0.3 is 15.7 Å². The molecule has 0 aliphatic carbocycles. The summed E-state index contributed by atoms with van der Waals surface area (Å²) in [6.45, 7) is 7.30. The van der Waals surface area contributed by atoms with Crippen molar-refractivity contribution in [3.05, 3.63) is 50.5 Å². The monoisotopic (exact) mass is 452 g/mol. The fourth-order valence-corrected chi connectivity index (χ4v) is 5.03. The number of aromatic hydroxyl groups is 1. The maximum Gasteiger partial charge on any atom is 0.416 e. The molecule has 1 unspecified atom stereocenters. The van der Waals surface area contributed by atoms with E-state index in [1.54, 1.807) is 0 Å². The largest absolute Gasteiger partial charge is 0.507 e. The van der Waals surface area contributed by atoms with Gasteiger partial charge in [0.25, 0.3) is 0 Å². The zero-order valence-electron chi connectivity index (χ0n) is 18.3. The van der Waals surface area contributed by atoms with Crippen molar-refractivity contribution in [3.8, 4) is 5.75 Å². The number of alkyl halides is 3. The van der Waals surface area contributed by atoms with E-state index < -0.39 is 11.7 Å². The quantitative estimate of drug-likeness (QED) is 0.532. The highest BCUT2D eigenvalue weighted by Crippen LogP contribution is 2.34. The zero-order valence-corrected chi connectivity index (χ0v) is 19.1. The van der Waals surface area contributed by atoms with Crippen LogP contribution in [0, 0.1) is 5.92 Å². The van der Waals surface area contributed by atoms with E-state index >= 15 is 0 Å². The number of halogens is 3. The van der Waals surface area contributed by atoms with Gasteiger partial charge in [-0.1, -0.05) is 33.6 Å². The summed E-state index contributed by atoms with van der Waals surface area (Å²) in [5, 5.41) is 20.6. The van der Waals surface area contributed by atoms with Crippen LogP contribution in [-0.2, 0) is 6.18 Å². The smallest absolute Gasteiger partial charge is 0.416 e. The number of benzene rings is 1. The van der Waals surface area contributed by atoms with Gasteiger partial charge in [0.1, 0.15) is 5.75 Å². The van der Waals surface area contributed by atoms with E-state index in [9.17, 15) is 18.3 Å². The molecule has 0 saturated heterocycles. The van der Waals surface area contributed by atoms with Crippen LogP contribution < -0.4 is 20.4 Å². The molecule has 1 aromatic carbocycles. The molecule has 3 N–H and O–H groups in total. The van der Waals surface area contributed by atoms with Crippen molar-refractivity contribution < 1.29 is 18.3 Å². The van der Waals surface area contributed by atoms with Gasteiger partial charge in [-0.05, 0) is 48.4 Å². The van der Waals surface area contributed by atoms with Crippen molar-refractivity contribution >= 4 is 22.7 Å². The third-order valence-corrected chi connectivity index (χ3v) is 6.46. The highest BCUT2D eigenvalue weighted by atomic mass is 32.1. The average Bonchev–Trinajstić information content (AvgIpc) is 3.11. The van der Waals surface area contributed by atoms with Crippen molar-refractivity contribution in [2.45, 2.75) is 65.1 Å². The Balaban J connectivity index is 2.05. The molecular formula is C24H31F3N2OS. The Morgan fingerprint density at radius 2 is 2.00 bits per heavy atom. The predicted molar refractivity (Wildman–Crippen MR) is 121 cm³/mol. The van der Waals surface area contributed by atoms with Gasteiger partial charge in [0.05, 0.1) is 15.8 Å². The molecule has 0 radical (unpaired) electrons. The van der Waals surface area contributed by atoms with E-state index in [-0.39, 0.29) is 5.75 Å². The molecule has 1 atom stereocenters. The van der Waals surface area contributed by atoms with E-state index in [0.717, 1.165) is 53.3 Å². The molecule has 3 nitrogen and oxygen atoms in total. The highest BCUT2D eigenvalue weighted by Gasteiger charge is 2.31. The van der Waals surface area contributed by atoms with Gasteiger partial charge in [-0.2, -0.15) is 13.2 Å². The summed E-state index contributed by atoms with van der Waals surface area (Å²) in [5.41, 5.74) is 1.38. The SMILES string of the molecule is CCCCC(CC(C)C)NC1=c2ccsc2=C(c2ccc(C(F)(F)F)cc2O)NCC1. The summed E-state index contributed by atoms with van der Waals surface area (Å²) in [4.78, 5) is 0. The van der Waals surface area contributed by atoms with Crippen molar-refractivity contribution in [1.29, 1.82) is 0 Å². The average molecular weight is 453 g/mol. The summed E-state index contributed by atoms with van der Waals surface area (Å²) < 4.78 is 40.0. The van der Waals surface area contributed by atoms with E-state index in [0.29, 0.717) is 29.8 Å². The third-order valence-electron chi connectivity index (χ3n) is 5.53. The first-order valence-corrected chi connectivity index (χ1v) is 11.8. The molecule has 2 heterocycles. The molecule has 0 saturated carbocycles. The number of phenolic OH excluding ortho intramolecular Hbond substituents is 1. The minimum atomic E-state index is -4.49. The molecule has 0 fully saturated rings. The Morgan fingerprint density at radius 1 is 1.23 bits per heavy atom. The number of hydrogen-bond acceptors (Lipinski definition) is 4. The third kappa shape index (κ3) is 5.76. The van der Waals surface area contributed by atoms with Crippen molar-refractivity contribution in [2.24, 2.45) is 5.92 Å². The topological polar surface area (TPSA) is 44.3 Å². The van der Waals surface area contributed by atoms with Gasteiger partial charge in [0.2, 0.25) is 0 Å². The lowest BCUT2D eigenvalue weighted by atomic mass is 9.98. The molecule has 1 aliphatic rings. The maximum atomic E-state index is 13.0. The van der Waals surface area contributed by atoms with E-state index in [4.69, 9.17) is 0 Å². The van der Waals surface area contributed by atoms with Crippen LogP contribution in [0.4, 0.5) is 13.2 Å². The lowest BCUT2D eigenvalue weighted by molar-refractivity contribution is -0.137. The van der Waals surface area contributed by atoms with Gasteiger partial charge >= 0.3 is 6.18 Å². The predicted octanol–water partition coefficient (Wildman–Crippen LogP) is 4.93. The first-order valence-electron chi connectivity index (χ1n) is 10.9. The summed E-state index contributed by atoms with van der Waals surface area (Å²) in [7, 11) is 0. The molecule has 170 valence electrons. The number of hydrogen-bond donors (Lipinski definition) is 3. The highest BCUT2D eigenvalue weighted by molar-refractivity contribution is 7.07. The van der Waals surface area contributed by atoms with E-state index in [1.165, 1.54) is 23.8 Å². The lowest BCUT2D eigenvalue weighted by Crippen LogP contribution is -2.35. The summed E-state index contributed by atoms with van der Waals surface area (Å²) in [5.74, 6) is 0.223. The van der Waals surface area contributed by atoms with Crippen molar-refractivity contribution in [3.63, 3.8) is 0 Å². The second-order valence-corrected chi connectivity index (χ2v) is 9.45. The number of rotatable bonds is 8. The molecule has 0 spiro atoms. The van der Waals surface area contributed by atoms with Crippen LogP contribution >= 0.6 is 11.3 Å². The fourth-order valence-electron chi connectivity index (χ4n) is 4.07. The Morgan fingerprint density at radius 3 is 2.65 bits per heavy atom.